The number of alkyl carbamates (subject to hydrolysis) is 1. The molecule has 3 aliphatic rings. The summed E-state index contributed by atoms with van der Waals surface area (Å²) in [6.45, 7) is 1.03. The number of benzene rings is 3. The molecular formula is C42H49N5O11. The Morgan fingerprint density at radius 3 is 2.26 bits per heavy atom. The van der Waals surface area contributed by atoms with Gasteiger partial charge in [0.25, 0.3) is 0 Å². The highest BCUT2D eigenvalue weighted by atomic mass is 16.5. The molecule has 2 bridgehead atoms. The lowest BCUT2D eigenvalue weighted by molar-refractivity contribution is -0.153. The van der Waals surface area contributed by atoms with Gasteiger partial charge in [0.1, 0.15) is 30.8 Å². The van der Waals surface area contributed by atoms with E-state index < -0.39 is 72.1 Å². The van der Waals surface area contributed by atoms with Gasteiger partial charge in [0.05, 0.1) is 39.1 Å². The normalized spacial score (nSPS) is 23.6. The molecule has 308 valence electrons. The van der Waals surface area contributed by atoms with Gasteiger partial charge < -0.3 is 50.2 Å². The van der Waals surface area contributed by atoms with E-state index in [2.05, 4.69) is 21.3 Å². The Labute approximate surface area is 335 Å². The van der Waals surface area contributed by atoms with Crippen molar-refractivity contribution in [3.63, 3.8) is 0 Å². The molecule has 2 aliphatic heterocycles. The first kappa shape index (κ1) is 41.8. The average Bonchev–Trinajstić information content (AvgIpc) is 3.80. The van der Waals surface area contributed by atoms with Crippen molar-refractivity contribution in [1.82, 2.24) is 26.2 Å². The average molecular weight is 800 g/mol. The van der Waals surface area contributed by atoms with Gasteiger partial charge in [-0.15, -0.1) is 0 Å². The van der Waals surface area contributed by atoms with E-state index in [1.165, 1.54) is 18.9 Å². The Morgan fingerprint density at radius 1 is 0.914 bits per heavy atom. The van der Waals surface area contributed by atoms with E-state index in [9.17, 15) is 33.9 Å². The Kier molecular flexibility index (Phi) is 14.1. The van der Waals surface area contributed by atoms with Crippen LogP contribution < -0.4 is 21.3 Å². The van der Waals surface area contributed by atoms with Crippen LogP contribution in [0.4, 0.5) is 4.79 Å². The minimum absolute atomic E-state index is 0.0311. The molecular weight excluding hydrogens is 750 g/mol. The van der Waals surface area contributed by atoms with E-state index in [0.29, 0.717) is 0 Å². The molecule has 0 radical (unpaired) electrons. The zero-order chi connectivity index (χ0) is 41.2. The summed E-state index contributed by atoms with van der Waals surface area (Å²) >= 11 is 0. The second-order valence-corrected chi connectivity index (χ2v) is 14.5. The minimum Gasteiger partial charge on any atom is -0.467 e. The molecule has 6 rings (SSSR count). The summed E-state index contributed by atoms with van der Waals surface area (Å²) in [4.78, 5) is 82.2. The fourth-order valence-corrected chi connectivity index (χ4v) is 7.50. The van der Waals surface area contributed by atoms with Gasteiger partial charge in [-0.05, 0) is 41.2 Å². The fourth-order valence-electron chi connectivity index (χ4n) is 7.50. The van der Waals surface area contributed by atoms with Crippen molar-refractivity contribution in [2.45, 2.75) is 75.1 Å². The van der Waals surface area contributed by atoms with Crippen molar-refractivity contribution in [1.29, 1.82) is 0 Å². The number of amides is 5. The second kappa shape index (κ2) is 19.5. The highest BCUT2D eigenvalue weighted by Crippen LogP contribution is 2.44. The highest BCUT2D eigenvalue weighted by Gasteiger charge is 2.45. The molecule has 5 amide bonds. The van der Waals surface area contributed by atoms with Crippen molar-refractivity contribution < 1.29 is 52.8 Å². The predicted molar refractivity (Wildman–Crippen MR) is 208 cm³/mol. The zero-order valence-electron chi connectivity index (χ0n) is 32.4. The summed E-state index contributed by atoms with van der Waals surface area (Å²) < 4.78 is 22.4. The number of hydrogen-bond acceptors (Lipinski definition) is 11. The number of nitrogens with one attached hydrogen (secondary N) is 4. The van der Waals surface area contributed by atoms with Crippen molar-refractivity contribution >= 4 is 35.7 Å². The zero-order valence-corrected chi connectivity index (χ0v) is 32.4. The number of esters is 1. The van der Waals surface area contributed by atoms with Crippen LogP contribution >= 0.6 is 0 Å². The lowest BCUT2D eigenvalue weighted by Crippen LogP contribution is -2.61. The van der Waals surface area contributed by atoms with Crippen LogP contribution in [-0.4, -0.2) is 122 Å². The molecule has 16 nitrogen and oxygen atoms in total. The molecule has 2 saturated heterocycles. The Morgan fingerprint density at radius 2 is 1.59 bits per heavy atom. The van der Waals surface area contributed by atoms with E-state index in [4.69, 9.17) is 18.9 Å². The van der Waals surface area contributed by atoms with Crippen LogP contribution in [0.5, 0.6) is 0 Å². The van der Waals surface area contributed by atoms with Gasteiger partial charge >= 0.3 is 12.1 Å². The Balaban J connectivity index is 1.22. The molecule has 0 unspecified atom stereocenters. The quantitative estimate of drug-likeness (QED) is 0.196. The van der Waals surface area contributed by atoms with Gasteiger partial charge in [0.15, 0.2) is 0 Å². The van der Waals surface area contributed by atoms with Crippen LogP contribution in [-0.2, 0) is 49.5 Å². The Hall–Kier alpha value is -5.84. The van der Waals surface area contributed by atoms with Gasteiger partial charge in [-0.1, -0.05) is 78.9 Å². The smallest absolute Gasteiger partial charge is 0.407 e. The number of aliphatic hydroxyl groups excluding tert-OH is 1. The molecule has 0 spiro atoms. The summed E-state index contributed by atoms with van der Waals surface area (Å²) in [7, 11) is 1.18. The fraction of sp³-hybridized carbons (Fsp3) is 0.429. The summed E-state index contributed by atoms with van der Waals surface area (Å²) in [5.41, 5.74) is 4.86. The number of carbonyl (C=O) groups excluding carboxylic acids is 6. The van der Waals surface area contributed by atoms with Gasteiger partial charge in [-0.2, -0.15) is 0 Å². The number of nitrogens with zero attached hydrogens (tertiary/aromatic N) is 1. The number of fused-ring (bicyclic) bond motifs is 5. The van der Waals surface area contributed by atoms with E-state index in [1.807, 2.05) is 78.9 Å². The Bertz CT molecular complexity index is 1910. The van der Waals surface area contributed by atoms with Gasteiger partial charge in [-0.25, -0.2) is 9.59 Å². The monoisotopic (exact) mass is 799 g/mol. The molecule has 0 saturated carbocycles. The van der Waals surface area contributed by atoms with Crippen LogP contribution in [0, 0.1) is 0 Å². The molecule has 3 aromatic carbocycles. The molecule has 2 fully saturated rings. The molecule has 5 N–H and O–H groups in total. The predicted octanol–water partition coefficient (Wildman–Crippen LogP) is 1.53. The first-order chi connectivity index (χ1) is 28.0. The maximum Gasteiger partial charge on any atom is 0.407 e. The van der Waals surface area contributed by atoms with Crippen molar-refractivity contribution in [2.75, 3.05) is 40.0 Å². The van der Waals surface area contributed by atoms with Crippen LogP contribution in [0.2, 0.25) is 0 Å². The number of hydrogen-bond donors (Lipinski definition) is 5. The standard InChI is InChI=1S/C42H49N5O11/c1-25(48)37-40(52)47-21-27(20-35(47)41(53)55-2)57-19-18-43-36(49)17-16-33(38(50)44-34(39(51)46-37)24-56-22-26-10-4-3-5-11-26)45-42(54)58-23-32-30-14-8-6-12-28(30)29-13-7-9-15-31(29)32/h3-15,25,27,32-35,37,48H,16-24H2,1-2H3,(H,43,49)(H,44,50)(H,45,54)(H,46,51)/t25-,27-,33+,34+,35+,37+/m1/s1. The summed E-state index contributed by atoms with van der Waals surface area (Å²) in [6.07, 6.45) is -3.23. The third-order valence-corrected chi connectivity index (χ3v) is 10.5. The largest absolute Gasteiger partial charge is 0.467 e. The lowest BCUT2D eigenvalue weighted by atomic mass is 9.98. The molecule has 2 heterocycles. The summed E-state index contributed by atoms with van der Waals surface area (Å²) in [5, 5.41) is 21.2. The SMILES string of the molecule is COC(=O)[C@@H]1C[C@@H]2CN1C(=O)[C@H]([C@@H](C)O)NC(=O)[C@H](COCc1ccccc1)NC(=O)[C@@H](NC(=O)OCC1c3ccccc3-c3ccccc31)CCC(=O)NCCO2. The third kappa shape index (κ3) is 10.2. The number of aliphatic hydroxyl groups is 1. The van der Waals surface area contributed by atoms with E-state index >= 15 is 0 Å². The van der Waals surface area contributed by atoms with Crippen molar-refractivity contribution in [3.05, 3.63) is 95.6 Å². The van der Waals surface area contributed by atoms with Crippen LogP contribution in [0.1, 0.15) is 48.8 Å². The minimum atomic E-state index is -1.54. The summed E-state index contributed by atoms with van der Waals surface area (Å²) in [5.74, 6) is -3.89. The summed E-state index contributed by atoms with van der Waals surface area (Å²) in [6, 6.07) is 19.4. The van der Waals surface area contributed by atoms with Gasteiger partial charge in [-0.3, -0.25) is 19.2 Å². The molecule has 16 heteroatoms. The first-order valence-electron chi connectivity index (χ1n) is 19.3. The van der Waals surface area contributed by atoms with Crippen LogP contribution in [0.15, 0.2) is 78.9 Å². The number of rotatable bonds is 9. The van der Waals surface area contributed by atoms with E-state index in [1.54, 1.807) is 0 Å². The molecule has 0 aromatic heterocycles. The van der Waals surface area contributed by atoms with Crippen molar-refractivity contribution in [3.8, 4) is 11.1 Å². The number of methoxy groups -OCH3 is 1. The molecule has 1 aliphatic carbocycles. The maximum absolute atomic E-state index is 14.0. The van der Waals surface area contributed by atoms with Gasteiger partial charge in [0.2, 0.25) is 23.6 Å². The molecule has 58 heavy (non-hydrogen) atoms. The van der Waals surface area contributed by atoms with E-state index in [0.717, 1.165) is 27.8 Å². The highest BCUT2D eigenvalue weighted by molar-refractivity contribution is 5.95. The molecule has 6 atom stereocenters. The first-order valence-corrected chi connectivity index (χ1v) is 19.3. The van der Waals surface area contributed by atoms with Crippen molar-refractivity contribution in [2.24, 2.45) is 0 Å². The van der Waals surface area contributed by atoms with Gasteiger partial charge in [0, 0.05) is 31.8 Å². The third-order valence-electron chi connectivity index (χ3n) is 10.5. The van der Waals surface area contributed by atoms with Crippen LogP contribution in [0.25, 0.3) is 11.1 Å². The number of carbonyl (C=O) groups is 6. The topological polar surface area (TPSA) is 211 Å². The van der Waals surface area contributed by atoms with E-state index in [-0.39, 0.29) is 64.7 Å². The van der Waals surface area contributed by atoms with Crippen LogP contribution in [0.3, 0.4) is 0 Å². The number of ether oxygens (including phenoxy) is 4. The second-order valence-electron chi connectivity index (χ2n) is 14.5. The maximum atomic E-state index is 14.0. The molecule has 3 aromatic rings. The lowest BCUT2D eigenvalue weighted by Gasteiger charge is -2.30.